The molecule has 0 saturated carbocycles. The second-order valence-electron chi connectivity index (χ2n) is 3.68. The van der Waals surface area contributed by atoms with Crippen LogP contribution in [0.5, 0.6) is 0 Å². The lowest BCUT2D eigenvalue weighted by molar-refractivity contribution is 1.13. The molecule has 0 atom stereocenters. The van der Waals surface area contributed by atoms with Gasteiger partial charge in [-0.1, -0.05) is 30.4 Å². The molecule has 0 aliphatic heterocycles. The van der Waals surface area contributed by atoms with Crippen molar-refractivity contribution in [1.82, 2.24) is 4.57 Å². The lowest BCUT2D eigenvalue weighted by atomic mass is 10.2. The molecule has 1 heterocycles. The lowest BCUT2D eigenvalue weighted by Gasteiger charge is -2.04. The summed E-state index contributed by atoms with van der Waals surface area (Å²) in [5.74, 6) is 0.923. The average molecular weight is 224 g/mol. The zero-order chi connectivity index (χ0) is 12.1. The first-order valence-electron chi connectivity index (χ1n) is 5.75. The Bertz CT molecular complexity index is 586. The molecule has 0 radical (unpaired) electrons. The molecule has 1 aromatic carbocycles. The summed E-state index contributed by atoms with van der Waals surface area (Å²) in [5, 5.41) is 1.23. The molecular formula is C15H16N2. The summed E-state index contributed by atoms with van der Waals surface area (Å²) in [4.78, 5) is 4.40. The first-order chi connectivity index (χ1) is 8.36. The molecule has 0 N–H and O–H groups in total. The number of hydrogen-bond acceptors (Lipinski definition) is 1. The largest absolute Gasteiger partial charge is 0.301 e. The van der Waals surface area contributed by atoms with Crippen molar-refractivity contribution < 1.29 is 0 Å². The zero-order valence-electron chi connectivity index (χ0n) is 10.2. The monoisotopic (exact) mass is 224 g/mol. The number of benzene rings is 1. The molecule has 0 fully saturated rings. The molecule has 2 aromatic rings. The van der Waals surface area contributed by atoms with E-state index in [4.69, 9.17) is 0 Å². The van der Waals surface area contributed by atoms with Crippen molar-refractivity contribution in [3.63, 3.8) is 0 Å². The lowest BCUT2D eigenvalue weighted by Crippen LogP contribution is -1.92. The second kappa shape index (κ2) is 5.30. The molecule has 0 bridgehead atoms. The van der Waals surface area contributed by atoms with Crippen LogP contribution in [-0.2, 0) is 0 Å². The Hall–Kier alpha value is -2.09. The highest BCUT2D eigenvalue weighted by atomic mass is 15.1. The van der Waals surface area contributed by atoms with E-state index in [1.165, 1.54) is 10.9 Å². The normalized spacial score (nSPS) is 13.2. The number of aliphatic imine (C=N–C) groups is 1. The Morgan fingerprint density at radius 3 is 2.76 bits per heavy atom. The van der Waals surface area contributed by atoms with Crippen LogP contribution in [0.3, 0.4) is 0 Å². The van der Waals surface area contributed by atoms with Gasteiger partial charge in [0.05, 0.1) is 5.52 Å². The Morgan fingerprint density at radius 1 is 1.18 bits per heavy atom. The number of nitrogens with zero attached hydrogens (tertiary/aromatic N) is 2. The van der Waals surface area contributed by atoms with Crippen molar-refractivity contribution in [3.8, 4) is 0 Å². The van der Waals surface area contributed by atoms with E-state index in [2.05, 4.69) is 27.8 Å². The molecule has 2 rings (SSSR count). The van der Waals surface area contributed by atoms with Crippen LogP contribution in [0.25, 0.3) is 16.7 Å². The number of hydrogen-bond donors (Lipinski definition) is 0. The van der Waals surface area contributed by atoms with Crippen LogP contribution in [-0.4, -0.2) is 10.8 Å². The molecule has 2 heteroatoms. The highest BCUT2D eigenvalue weighted by molar-refractivity contribution is 5.84. The third-order valence-electron chi connectivity index (χ3n) is 2.55. The highest BCUT2D eigenvalue weighted by Crippen LogP contribution is 2.20. The molecule has 0 amide bonds. The molecular weight excluding hydrogens is 208 g/mol. The first-order valence-corrected chi connectivity index (χ1v) is 5.75. The summed E-state index contributed by atoms with van der Waals surface area (Å²) in [5.41, 5.74) is 1.17. The van der Waals surface area contributed by atoms with E-state index in [9.17, 15) is 0 Å². The van der Waals surface area contributed by atoms with Crippen LogP contribution in [0.4, 0.5) is 0 Å². The first kappa shape index (κ1) is 11.4. The summed E-state index contributed by atoms with van der Waals surface area (Å²) < 4.78 is 2.09. The minimum Gasteiger partial charge on any atom is -0.301 e. The van der Waals surface area contributed by atoms with Gasteiger partial charge in [-0.2, -0.15) is 0 Å². The molecule has 1 aromatic heterocycles. The Kier molecular flexibility index (Phi) is 3.55. The van der Waals surface area contributed by atoms with Gasteiger partial charge < -0.3 is 4.57 Å². The molecule has 0 aliphatic rings. The fourth-order valence-corrected chi connectivity index (χ4v) is 1.78. The summed E-state index contributed by atoms with van der Waals surface area (Å²) in [6.07, 6.45) is 9.86. The predicted octanol–water partition coefficient (Wildman–Crippen LogP) is 4.11. The summed E-state index contributed by atoms with van der Waals surface area (Å²) >= 11 is 0. The minimum absolute atomic E-state index is 0.923. The van der Waals surface area contributed by atoms with Gasteiger partial charge in [0.15, 0.2) is 0 Å². The third-order valence-corrected chi connectivity index (χ3v) is 2.55. The second-order valence-corrected chi connectivity index (χ2v) is 3.68. The fraction of sp³-hybridized carbons (Fsp3) is 0.133. The van der Waals surface area contributed by atoms with Gasteiger partial charge in [0.2, 0.25) is 0 Å². The smallest absolute Gasteiger partial charge is 0.136 e. The van der Waals surface area contributed by atoms with E-state index in [1.54, 1.807) is 0 Å². The minimum atomic E-state index is 0.923. The molecule has 17 heavy (non-hydrogen) atoms. The van der Waals surface area contributed by atoms with Gasteiger partial charge in [0.1, 0.15) is 5.82 Å². The summed E-state index contributed by atoms with van der Waals surface area (Å²) in [6.45, 7) is 3.92. The van der Waals surface area contributed by atoms with Gasteiger partial charge in [0.25, 0.3) is 0 Å². The topological polar surface area (TPSA) is 17.3 Å². The average Bonchev–Trinajstić information content (AvgIpc) is 2.78. The Labute approximate surface area is 102 Å². The maximum absolute atomic E-state index is 4.40. The van der Waals surface area contributed by atoms with Crippen LogP contribution < -0.4 is 0 Å². The number of rotatable bonds is 3. The van der Waals surface area contributed by atoms with Crippen molar-refractivity contribution in [2.45, 2.75) is 13.8 Å². The van der Waals surface area contributed by atoms with Crippen LogP contribution in [0.1, 0.15) is 13.8 Å². The maximum atomic E-state index is 4.40. The van der Waals surface area contributed by atoms with Crippen molar-refractivity contribution >= 4 is 22.9 Å². The SMILES string of the molecule is C\C=C/C=C(\N=C/C)n1ccc2ccccc21. The van der Waals surface area contributed by atoms with Crippen LogP contribution in [0, 0.1) is 0 Å². The zero-order valence-corrected chi connectivity index (χ0v) is 10.2. The quantitative estimate of drug-likeness (QED) is 0.551. The van der Waals surface area contributed by atoms with Gasteiger partial charge >= 0.3 is 0 Å². The number of allylic oxidation sites excluding steroid dienone is 3. The molecule has 0 aliphatic carbocycles. The molecule has 86 valence electrons. The van der Waals surface area contributed by atoms with Gasteiger partial charge in [-0.05, 0) is 37.4 Å². The van der Waals surface area contributed by atoms with Crippen LogP contribution in [0.15, 0.2) is 59.7 Å². The van der Waals surface area contributed by atoms with Crippen molar-refractivity contribution in [2.75, 3.05) is 0 Å². The third kappa shape index (κ3) is 2.36. The van der Waals surface area contributed by atoms with E-state index in [0.29, 0.717) is 0 Å². The molecule has 0 spiro atoms. The van der Waals surface area contributed by atoms with Crippen LogP contribution in [0.2, 0.25) is 0 Å². The van der Waals surface area contributed by atoms with E-state index in [-0.39, 0.29) is 0 Å². The van der Waals surface area contributed by atoms with E-state index in [1.807, 2.05) is 56.6 Å². The van der Waals surface area contributed by atoms with Crippen molar-refractivity contribution in [2.24, 2.45) is 4.99 Å². The van der Waals surface area contributed by atoms with Gasteiger partial charge in [0, 0.05) is 12.4 Å². The standard InChI is InChI=1S/C15H16N2/c1-3-5-10-15(16-4-2)17-12-11-13-8-6-7-9-14(13)17/h3-12H,1-2H3/b5-3-,15-10+,16-4-. The molecule has 0 unspecified atom stereocenters. The van der Waals surface area contributed by atoms with Crippen molar-refractivity contribution in [3.05, 3.63) is 54.8 Å². The molecule has 2 nitrogen and oxygen atoms in total. The number of para-hydroxylation sites is 1. The Morgan fingerprint density at radius 2 is 2.00 bits per heavy atom. The predicted molar refractivity (Wildman–Crippen MR) is 75.2 cm³/mol. The van der Waals surface area contributed by atoms with E-state index >= 15 is 0 Å². The van der Waals surface area contributed by atoms with Gasteiger partial charge in [-0.3, -0.25) is 0 Å². The summed E-state index contributed by atoms with van der Waals surface area (Å²) in [6, 6.07) is 10.4. The number of fused-ring (bicyclic) bond motifs is 1. The van der Waals surface area contributed by atoms with E-state index < -0.39 is 0 Å². The summed E-state index contributed by atoms with van der Waals surface area (Å²) in [7, 11) is 0. The van der Waals surface area contributed by atoms with Crippen molar-refractivity contribution in [1.29, 1.82) is 0 Å². The van der Waals surface area contributed by atoms with E-state index in [0.717, 1.165) is 5.82 Å². The maximum Gasteiger partial charge on any atom is 0.136 e. The fourth-order valence-electron chi connectivity index (χ4n) is 1.78. The van der Waals surface area contributed by atoms with Gasteiger partial charge in [-0.15, -0.1) is 0 Å². The molecule has 0 saturated heterocycles. The van der Waals surface area contributed by atoms with Crippen LogP contribution >= 0.6 is 0 Å². The Balaban J connectivity index is 2.56. The van der Waals surface area contributed by atoms with Gasteiger partial charge in [-0.25, -0.2) is 4.99 Å². The highest BCUT2D eigenvalue weighted by Gasteiger charge is 2.02. The number of aromatic nitrogens is 1.